The number of nitrogens with one attached hydrogen (secondary N) is 6. The Labute approximate surface area is 517 Å². The highest BCUT2D eigenvalue weighted by atomic mass is 35.5. The van der Waals surface area contributed by atoms with E-state index in [1.54, 1.807) is 10.0 Å². The van der Waals surface area contributed by atoms with Gasteiger partial charge in [-0.05, 0) is 43.3 Å². The summed E-state index contributed by atoms with van der Waals surface area (Å²) in [4.78, 5) is 104. The Bertz CT molecular complexity index is 4050. The number of carbonyl (C=O) groups is 5. The molecule has 0 aliphatic carbocycles. The summed E-state index contributed by atoms with van der Waals surface area (Å²) in [6, 6.07) is 8.44. The predicted octanol–water partition coefficient (Wildman–Crippen LogP) is 3.20. The van der Waals surface area contributed by atoms with E-state index in [2.05, 4.69) is 54.8 Å². The molecule has 0 bridgehead atoms. The zero-order valence-corrected chi connectivity index (χ0v) is 51.3. The molecule has 0 spiro atoms. The largest absolute Gasteiger partial charge is 0.481 e. The second-order valence-corrected chi connectivity index (χ2v) is 24.0. The first-order chi connectivity index (χ1) is 42.1. The van der Waals surface area contributed by atoms with Crippen molar-refractivity contribution in [1.82, 2.24) is 58.9 Å². The number of rotatable bonds is 22. The van der Waals surface area contributed by atoms with Crippen molar-refractivity contribution < 1.29 is 119 Å². The summed E-state index contributed by atoms with van der Waals surface area (Å²) >= 11 is 11.8. The lowest BCUT2D eigenvalue weighted by Gasteiger charge is -2.14. The monoisotopic (exact) mass is 1420 g/mol. The summed E-state index contributed by atoms with van der Waals surface area (Å²) in [5.74, 6) is -6.49. The van der Waals surface area contributed by atoms with Gasteiger partial charge < -0.3 is 43.8 Å². The Hall–Kier alpha value is -9.24. The number of sulfonamides is 3. The number of urea groups is 2. The molecular formula is C43H46Cl2F6N15O21PS3. The number of benzene rings is 2. The number of methoxy groups -OCH3 is 2. The van der Waals surface area contributed by atoms with Gasteiger partial charge >= 0.3 is 57.1 Å². The van der Waals surface area contributed by atoms with Crippen LogP contribution in [0.2, 0.25) is 10.0 Å². The molecule has 4 heterocycles. The average Bonchev–Trinajstić information content (AvgIpc) is 1.83. The quantitative estimate of drug-likeness (QED) is 0.0344. The lowest BCUT2D eigenvalue weighted by molar-refractivity contribution is -0.135. The van der Waals surface area contributed by atoms with Crippen LogP contribution in [-0.2, 0) is 39.4 Å². The molecule has 5 amide bonds. The van der Waals surface area contributed by atoms with Crippen LogP contribution in [0.4, 0.5) is 53.5 Å². The van der Waals surface area contributed by atoms with Gasteiger partial charge in [-0.25, -0.2) is 55.0 Å². The van der Waals surface area contributed by atoms with Crippen molar-refractivity contribution in [2.45, 2.75) is 36.6 Å². The van der Waals surface area contributed by atoms with Gasteiger partial charge in [0.1, 0.15) is 10.7 Å². The molecule has 0 radical (unpaired) electrons. The van der Waals surface area contributed by atoms with Crippen LogP contribution in [0.25, 0.3) is 5.69 Å². The van der Waals surface area contributed by atoms with Gasteiger partial charge in [0.15, 0.2) is 5.03 Å². The fourth-order valence-corrected chi connectivity index (χ4v) is 9.75. The number of pyridine rings is 1. The van der Waals surface area contributed by atoms with Crippen LogP contribution in [0.1, 0.15) is 33.1 Å². The van der Waals surface area contributed by atoms with Crippen molar-refractivity contribution in [2.75, 3.05) is 62.8 Å². The van der Waals surface area contributed by atoms with Gasteiger partial charge in [-0.2, -0.15) is 59.4 Å². The molecule has 48 heteroatoms. The van der Waals surface area contributed by atoms with Gasteiger partial charge in [-0.3, -0.25) is 34.8 Å². The minimum Gasteiger partial charge on any atom is -0.481 e. The molecule has 0 fully saturated rings. The van der Waals surface area contributed by atoms with E-state index >= 15 is 0 Å². The van der Waals surface area contributed by atoms with E-state index in [0.717, 1.165) is 24.5 Å². The van der Waals surface area contributed by atoms with Crippen molar-refractivity contribution in [3.8, 4) is 29.2 Å². The number of amides is 5. The van der Waals surface area contributed by atoms with Crippen LogP contribution in [0.15, 0.2) is 81.6 Å². The highest BCUT2D eigenvalue weighted by molar-refractivity contribution is 7.92. The molecular weight excluding hydrogens is 1370 g/mol. The van der Waals surface area contributed by atoms with Crippen LogP contribution in [-0.4, -0.2) is 180 Å². The number of hydrogen-bond donors (Lipinski definition) is 10. The number of aryl methyl sites for hydroxylation is 1. The summed E-state index contributed by atoms with van der Waals surface area (Å²) in [5.41, 5.74) is -2.10. The molecule has 4 aromatic heterocycles. The van der Waals surface area contributed by atoms with Crippen molar-refractivity contribution in [3.05, 3.63) is 104 Å². The summed E-state index contributed by atoms with van der Waals surface area (Å²) in [7, 11) is -11.3. The summed E-state index contributed by atoms with van der Waals surface area (Å²) < 4.78 is 181. The van der Waals surface area contributed by atoms with Crippen LogP contribution in [0.5, 0.6) is 23.5 Å². The molecule has 10 N–H and O–H groups in total. The zero-order valence-electron chi connectivity index (χ0n) is 46.4. The van der Waals surface area contributed by atoms with Crippen molar-refractivity contribution in [1.29, 1.82) is 0 Å². The number of aromatic carboxylic acids is 1. The first-order valence-corrected chi connectivity index (χ1v) is 30.8. The Morgan fingerprint density at radius 3 is 1.67 bits per heavy atom. The van der Waals surface area contributed by atoms with Gasteiger partial charge in [0.25, 0.3) is 26.0 Å². The SMILES string of the molecule is COc1cc(OC)nc(NC(=O)NS(=O)(=O)c2ncccc2C(=O)N(C)C)n1.Cc1nn(-c2cc(NS(C)(=O)=O)c(Cl)cc2Cl)c(=O)n1C(F)F.O=C(Nc1nc(OC(F)F)cc(OC(F)F)n1)NS(=O)(=O)c1ccccc1C(=O)O.O=C(O)CNCP(=O)(O)O. The van der Waals surface area contributed by atoms with E-state index in [4.69, 9.17) is 52.7 Å². The van der Waals surface area contributed by atoms with E-state index in [0.29, 0.717) is 10.7 Å². The third-order valence-corrected chi connectivity index (χ3v) is 14.0. The molecule has 0 atom stereocenters. The van der Waals surface area contributed by atoms with Gasteiger partial charge in [-0.1, -0.05) is 35.3 Å². The fraction of sp³-hybridized carbons (Fsp3) is 0.256. The van der Waals surface area contributed by atoms with E-state index in [1.165, 1.54) is 87.5 Å². The van der Waals surface area contributed by atoms with Crippen LogP contribution in [0.3, 0.4) is 0 Å². The minimum atomic E-state index is -4.71. The average molecular weight is 1420 g/mol. The van der Waals surface area contributed by atoms with E-state index < -0.39 is 139 Å². The number of ether oxygens (including phenoxy) is 4. The molecule has 36 nitrogen and oxygen atoms in total. The van der Waals surface area contributed by atoms with E-state index in [9.17, 15) is 84.9 Å². The molecule has 0 aliphatic heterocycles. The third kappa shape index (κ3) is 24.6. The van der Waals surface area contributed by atoms with Gasteiger partial charge in [-0.15, -0.1) is 5.10 Å². The van der Waals surface area contributed by atoms with Crippen molar-refractivity contribution in [3.63, 3.8) is 0 Å². The lowest BCUT2D eigenvalue weighted by atomic mass is 10.2. The Balaban J connectivity index is 0.000000333. The summed E-state index contributed by atoms with van der Waals surface area (Å²) in [5, 5.41) is 26.0. The zero-order chi connectivity index (χ0) is 69.1. The third-order valence-electron chi connectivity index (χ3n) is 9.50. The number of halogens is 8. The molecule has 6 rings (SSSR count). The number of carboxylic acid groups (broad SMARTS) is 2. The number of carboxylic acids is 2. The fourth-order valence-electron chi connectivity index (χ4n) is 6.06. The van der Waals surface area contributed by atoms with Gasteiger partial charge in [0.2, 0.25) is 45.4 Å². The molecule has 0 unspecified atom stereocenters. The van der Waals surface area contributed by atoms with Crippen molar-refractivity contribution in [2.24, 2.45) is 0 Å². The summed E-state index contributed by atoms with van der Waals surface area (Å²) in [6.07, 6.45) is 1.49. The maximum absolute atomic E-state index is 12.8. The van der Waals surface area contributed by atoms with Gasteiger partial charge in [0.05, 0.1) is 78.0 Å². The van der Waals surface area contributed by atoms with Crippen LogP contribution in [0, 0.1) is 6.92 Å². The molecule has 498 valence electrons. The molecule has 0 saturated heterocycles. The Kier molecular flexibility index (Phi) is 27.6. The van der Waals surface area contributed by atoms with Crippen molar-refractivity contribution >= 4 is 108 Å². The number of hydrogen-bond acceptors (Lipinski definition) is 24. The Morgan fingerprint density at radius 1 is 0.725 bits per heavy atom. The second-order valence-electron chi connectivity index (χ2n) is 16.6. The molecule has 2 aromatic carbocycles. The highest BCUT2D eigenvalue weighted by Crippen LogP contribution is 2.33. The summed E-state index contributed by atoms with van der Waals surface area (Å²) in [6.45, 7) is -9.10. The molecule has 0 saturated carbocycles. The smallest absolute Gasteiger partial charge is 0.388 e. The number of aliphatic carboxylic acids is 1. The maximum atomic E-state index is 12.8. The Morgan fingerprint density at radius 2 is 1.22 bits per heavy atom. The number of nitrogens with zero attached hydrogens (tertiary/aromatic N) is 9. The normalized spacial score (nSPS) is 11.3. The maximum Gasteiger partial charge on any atom is 0.388 e. The number of anilines is 3. The van der Waals surface area contributed by atoms with E-state index in [1.807, 2.05) is 0 Å². The van der Waals surface area contributed by atoms with Gasteiger partial charge in [0, 0.05) is 20.3 Å². The first-order valence-electron chi connectivity index (χ1n) is 23.4. The lowest BCUT2D eigenvalue weighted by Crippen LogP contribution is -2.36. The molecule has 91 heavy (non-hydrogen) atoms. The minimum absolute atomic E-state index is 0.0257. The standard InChI is InChI=1S/C15H18N6O6S.C14H10F4N4O7S.C11H10Cl2F2N4O3S.C3H8NO5P/c1-21(2)13(22)9-6-5-7-16-12(9)28(24,25)20-15(23)19-14-17-10(26-3)8-11(18-14)27-4;15-11(16)28-8-5-9(29-12(17)18)20-13(19-8)21-14(25)22-30(26,27)7-4-2-1-3-6(7)10(23)24;1-5-16-19(11(20)18(5)10(14)15)9-4-8(17-23(2,21)22)6(12)3-7(9)13;5-3(6)1-4-2-10(7,8)9/h5-8H,1-4H3,(H2,17,18,19,20,23);1-5,11-12H,(H,23,24)(H2,19,20,21,22,25);3-4,10,17H,1-2H3;4H,1-2H2,(H,5,6)(H2,7,8,9). The second kappa shape index (κ2) is 33.0. The van der Waals surface area contributed by atoms with Crippen LogP contribution < -0.4 is 54.8 Å². The van der Waals surface area contributed by atoms with Crippen LogP contribution >= 0.6 is 30.8 Å². The topological polar surface area (TPSA) is 502 Å². The number of alkyl halides is 6. The van der Waals surface area contributed by atoms with E-state index in [-0.39, 0.29) is 55.1 Å². The first kappa shape index (κ1) is 76.0. The highest BCUT2D eigenvalue weighted by Gasteiger charge is 2.29. The molecule has 6 aromatic rings. The number of aromatic nitrogens is 8. The predicted molar refractivity (Wildman–Crippen MR) is 300 cm³/mol. The molecule has 0 aliphatic rings. The number of carbonyl (C=O) groups excluding carboxylic acids is 3.